The van der Waals surface area contributed by atoms with E-state index in [1.807, 2.05) is 19.9 Å². The van der Waals surface area contributed by atoms with Gasteiger partial charge in [-0.05, 0) is 50.2 Å². The molecule has 212 valence electrons. The Kier molecular flexibility index (Phi) is 5.79. The molecular formula is C29H22N10O4. The van der Waals surface area contributed by atoms with E-state index in [4.69, 9.17) is 0 Å². The van der Waals surface area contributed by atoms with E-state index in [9.17, 15) is 19.2 Å². The van der Waals surface area contributed by atoms with E-state index in [1.165, 1.54) is 7.05 Å². The van der Waals surface area contributed by atoms with Gasteiger partial charge in [0.15, 0.2) is 23.0 Å². The molecule has 0 unspecified atom stereocenters. The number of hydrogen-bond acceptors (Lipinski definition) is 10. The molecule has 4 aliphatic heterocycles. The van der Waals surface area contributed by atoms with Gasteiger partial charge in [-0.15, -0.1) is 0 Å². The smallest absolute Gasteiger partial charge is 0.323 e. The van der Waals surface area contributed by atoms with E-state index in [2.05, 4.69) is 29.9 Å². The van der Waals surface area contributed by atoms with Gasteiger partial charge in [-0.25, -0.2) is 29.1 Å². The molecule has 0 amide bonds. The van der Waals surface area contributed by atoms with Crippen LogP contribution >= 0.6 is 0 Å². The number of aromatic nitrogens is 10. The lowest BCUT2D eigenvalue weighted by molar-refractivity contribution is 0.716. The Morgan fingerprint density at radius 2 is 1.26 bits per heavy atom. The van der Waals surface area contributed by atoms with E-state index in [1.54, 1.807) is 57.8 Å². The van der Waals surface area contributed by atoms with Gasteiger partial charge in [0.1, 0.15) is 5.82 Å². The summed E-state index contributed by atoms with van der Waals surface area (Å²) in [6.45, 7) is 4.45. The minimum atomic E-state index is -0.803. The molecule has 0 radical (unpaired) electrons. The Labute approximate surface area is 240 Å². The fraction of sp³-hybridized carbons (Fsp3) is 0.172. The van der Waals surface area contributed by atoms with Gasteiger partial charge < -0.3 is 9.13 Å². The lowest BCUT2D eigenvalue weighted by Crippen LogP contribution is -2.38. The predicted molar refractivity (Wildman–Crippen MR) is 158 cm³/mol. The highest BCUT2D eigenvalue weighted by Gasteiger charge is 2.25. The topological polar surface area (TPSA) is 165 Å². The van der Waals surface area contributed by atoms with Crippen LogP contribution in [0.2, 0.25) is 0 Å². The van der Waals surface area contributed by atoms with Gasteiger partial charge in [-0.3, -0.25) is 19.1 Å². The van der Waals surface area contributed by atoms with Crippen molar-refractivity contribution in [1.29, 1.82) is 0 Å². The summed E-state index contributed by atoms with van der Waals surface area (Å²) in [5, 5.41) is 0. The maximum absolute atomic E-state index is 13.9. The van der Waals surface area contributed by atoms with Gasteiger partial charge in [0.25, 0.3) is 11.1 Å². The zero-order valence-corrected chi connectivity index (χ0v) is 23.2. The zero-order chi connectivity index (χ0) is 30.0. The number of benzene rings is 1. The molecule has 14 heteroatoms. The second-order valence-electron chi connectivity index (χ2n) is 9.78. The van der Waals surface area contributed by atoms with Crippen molar-refractivity contribution in [1.82, 2.24) is 48.2 Å². The third kappa shape index (κ3) is 3.87. The molecule has 2 aromatic heterocycles. The van der Waals surface area contributed by atoms with Gasteiger partial charge in [-0.1, -0.05) is 12.1 Å². The van der Waals surface area contributed by atoms with Crippen molar-refractivity contribution in [2.24, 2.45) is 7.05 Å². The van der Waals surface area contributed by atoms with Crippen LogP contribution in [0.1, 0.15) is 13.8 Å². The Morgan fingerprint density at radius 1 is 0.651 bits per heavy atom. The molecule has 43 heavy (non-hydrogen) atoms. The van der Waals surface area contributed by atoms with Crippen LogP contribution in [-0.4, -0.2) is 48.2 Å². The van der Waals surface area contributed by atoms with Gasteiger partial charge in [0.2, 0.25) is 0 Å². The molecule has 0 saturated heterocycles. The van der Waals surface area contributed by atoms with Crippen LogP contribution in [0.4, 0.5) is 0 Å². The largest absolute Gasteiger partial charge is 0.358 e. The van der Waals surface area contributed by atoms with Gasteiger partial charge in [-0.2, -0.15) is 9.97 Å². The molecule has 0 N–H and O–H groups in total. The van der Waals surface area contributed by atoms with Crippen LogP contribution in [0.15, 0.2) is 73.9 Å². The second kappa shape index (κ2) is 9.58. The van der Waals surface area contributed by atoms with Gasteiger partial charge in [0.05, 0.1) is 33.5 Å². The quantitative estimate of drug-likeness (QED) is 0.281. The Hall–Kier alpha value is -5.92. The predicted octanol–water partition coefficient (Wildman–Crippen LogP) is 1.45. The highest BCUT2D eigenvalue weighted by Crippen LogP contribution is 2.28. The Morgan fingerprint density at radius 3 is 1.86 bits per heavy atom. The summed E-state index contributed by atoms with van der Waals surface area (Å²) < 4.78 is 5.23. The summed E-state index contributed by atoms with van der Waals surface area (Å²) in [6, 6.07) is 13.8. The first-order valence-electron chi connectivity index (χ1n) is 13.5. The highest BCUT2D eigenvalue weighted by molar-refractivity contribution is 5.94. The van der Waals surface area contributed by atoms with Crippen LogP contribution in [0.3, 0.4) is 0 Å². The number of rotatable bonds is 4. The van der Waals surface area contributed by atoms with E-state index in [-0.39, 0.29) is 28.9 Å². The van der Waals surface area contributed by atoms with Crippen molar-refractivity contribution in [3.05, 3.63) is 96.4 Å². The van der Waals surface area contributed by atoms with E-state index in [0.717, 1.165) is 9.13 Å². The van der Waals surface area contributed by atoms with Crippen LogP contribution in [-0.2, 0) is 20.1 Å². The van der Waals surface area contributed by atoms with E-state index < -0.39 is 22.5 Å². The fourth-order valence-electron chi connectivity index (χ4n) is 5.30. The third-order valence-corrected chi connectivity index (χ3v) is 7.37. The average molecular weight is 575 g/mol. The van der Waals surface area contributed by atoms with Crippen LogP contribution in [0, 0.1) is 0 Å². The minimum absolute atomic E-state index is 0.0241. The highest BCUT2D eigenvalue weighted by atomic mass is 16.2. The lowest BCUT2D eigenvalue weighted by Gasteiger charge is -2.19. The molecule has 0 atom stereocenters. The minimum Gasteiger partial charge on any atom is -0.323 e. The monoisotopic (exact) mass is 574 g/mol. The molecule has 6 heterocycles. The number of nitrogens with zero attached hydrogens (tertiary/aromatic N) is 10. The molecule has 4 aliphatic rings. The molecule has 0 spiro atoms. The summed E-state index contributed by atoms with van der Waals surface area (Å²) >= 11 is 0. The first kappa shape index (κ1) is 26.0. The number of fused-ring (bicyclic) bond motifs is 4. The van der Waals surface area contributed by atoms with E-state index in [0.29, 0.717) is 46.5 Å². The van der Waals surface area contributed by atoms with Gasteiger partial charge in [0, 0.05) is 26.3 Å². The van der Waals surface area contributed by atoms with Crippen molar-refractivity contribution < 1.29 is 0 Å². The standard InChI is InChI=1S/C29H22N10O4/c1-4-37-19-14-18-20(13-17(19)32-22-24(37)34-28(42)36(3)26(22)40)38(5-2)25-23(33-18)27(41)39(29(43)35-25)21-11-8-10-16(31-21)15-9-6-7-12-30-15/h6-14H,4-5H2,1-3H3. The summed E-state index contributed by atoms with van der Waals surface area (Å²) in [7, 11) is 1.35. The number of aryl methyl sites for hydroxylation is 2. The molecular weight excluding hydrogens is 552 g/mol. The van der Waals surface area contributed by atoms with Crippen molar-refractivity contribution >= 4 is 22.1 Å². The molecule has 0 bridgehead atoms. The fourth-order valence-corrected chi connectivity index (χ4v) is 5.30. The van der Waals surface area contributed by atoms with Crippen molar-refractivity contribution in [2.45, 2.75) is 26.9 Å². The Balaban J connectivity index is 1.54. The third-order valence-electron chi connectivity index (χ3n) is 7.37. The van der Waals surface area contributed by atoms with Crippen molar-refractivity contribution in [2.75, 3.05) is 0 Å². The van der Waals surface area contributed by atoms with E-state index >= 15 is 0 Å². The second-order valence-corrected chi connectivity index (χ2v) is 9.78. The normalized spacial score (nSPS) is 11.7. The molecule has 0 fully saturated rings. The summed E-state index contributed by atoms with van der Waals surface area (Å²) in [5.41, 5.74) is 0.379. The summed E-state index contributed by atoms with van der Waals surface area (Å²) in [6.07, 6.45) is 1.63. The summed E-state index contributed by atoms with van der Waals surface area (Å²) in [4.78, 5) is 78.8. The Bertz CT molecular complexity index is 2430. The maximum atomic E-state index is 13.9. The first-order chi connectivity index (χ1) is 20.8. The zero-order valence-electron chi connectivity index (χ0n) is 23.2. The number of hydrogen-bond donors (Lipinski definition) is 0. The van der Waals surface area contributed by atoms with Crippen LogP contribution in [0.25, 0.3) is 62.3 Å². The lowest BCUT2D eigenvalue weighted by atomic mass is 10.2. The molecule has 1 aromatic carbocycles. The summed E-state index contributed by atoms with van der Waals surface area (Å²) in [5.74, 6) is 0.362. The van der Waals surface area contributed by atoms with Crippen molar-refractivity contribution in [3.8, 4) is 40.2 Å². The average Bonchev–Trinajstić information content (AvgIpc) is 3.02. The maximum Gasteiger partial charge on any atom is 0.358 e. The molecule has 7 rings (SSSR count). The SMILES string of the molecule is CCn1c2nc(=O)n(C)c(=O)c-2nc2cc3c(cc21)nc1c(=O)n(-c2cccc(-c4ccccn4)n2)c(=O)nc-1n3CC. The molecule has 3 aromatic rings. The molecule has 0 aliphatic carbocycles. The first-order valence-corrected chi connectivity index (χ1v) is 13.5. The van der Waals surface area contributed by atoms with Crippen molar-refractivity contribution in [3.63, 3.8) is 0 Å². The number of pyridine rings is 2. The van der Waals surface area contributed by atoms with Crippen LogP contribution in [0.5, 0.6) is 0 Å². The van der Waals surface area contributed by atoms with Gasteiger partial charge >= 0.3 is 11.4 Å². The molecule has 0 saturated carbocycles. The van der Waals surface area contributed by atoms with Crippen LogP contribution < -0.4 is 22.5 Å². The molecule has 14 nitrogen and oxygen atoms in total.